The molecule has 0 bridgehead atoms. The molecule has 0 aliphatic carbocycles. The lowest BCUT2D eigenvalue weighted by Gasteiger charge is -2.29. The molecule has 5 rings (SSSR count). The summed E-state index contributed by atoms with van der Waals surface area (Å²) in [4.78, 5) is 28.8. The van der Waals surface area contributed by atoms with Crippen molar-refractivity contribution in [2.75, 3.05) is 10.2 Å². The second-order valence-corrected chi connectivity index (χ2v) is 8.69. The number of pyridine rings is 1. The van der Waals surface area contributed by atoms with Crippen LogP contribution >= 0.6 is 12.2 Å². The van der Waals surface area contributed by atoms with Crippen LogP contribution < -0.4 is 15.5 Å². The number of hydrogen-bond acceptors (Lipinski definition) is 5. The first-order valence-electron chi connectivity index (χ1n) is 11.2. The first-order valence-corrected chi connectivity index (χ1v) is 11.6. The van der Waals surface area contributed by atoms with Crippen molar-refractivity contribution >= 4 is 40.3 Å². The van der Waals surface area contributed by atoms with E-state index in [9.17, 15) is 14.9 Å². The maximum Gasteiger partial charge on any atom is 0.269 e. The number of hydrogen-bond donors (Lipinski definition) is 2. The van der Waals surface area contributed by atoms with Gasteiger partial charge in [-0.05, 0) is 72.9 Å². The largest absolute Gasteiger partial charge is 0.351 e. The van der Waals surface area contributed by atoms with E-state index in [0.717, 1.165) is 22.8 Å². The molecule has 0 unspecified atom stereocenters. The second kappa shape index (κ2) is 9.59. The van der Waals surface area contributed by atoms with Crippen LogP contribution in [0.25, 0.3) is 5.69 Å². The Balaban J connectivity index is 1.59. The van der Waals surface area contributed by atoms with Gasteiger partial charge in [-0.2, -0.15) is 0 Å². The smallest absolute Gasteiger partial charge is 0.269 e. The van der Waals surface area contributed by atoms with Crippen molar-refractivity contribution in [1.29, 1.82) is 0 Å². The van der Waals surface area contributed by atoms with Crippen LogP contribution in [-0.4, -0.2) is 25.5 Å². The van der Waals surface area contributed by atoms with Crippen molar-refractivity contribution in [2.45, 2.75) is 19.0 Å². The Labute approximate surface area is 212 Å². The van der Waals surface area contributed by atoms with Crippen LogP contribution in [0.4, 0.5) is 17.1 Å². The van der Waals surface area contributed by atoms with Crippen molar-refractivity contribution in [3.8, 4) is 5.69 Å². The van der Waals surface area contributed by atoms with Crippen molar-refractivity contribution in [2.24, 2.45) is 0 Å². The summed E-state index contributed by atoms with van der Waals surface area (Å²) in [6.07, 6.45) is 3.67. The van der Waals surface area contributed by atoms with Gasteiger partial charge in [0.05, 0.1) is 16.7 Å². The number of aromatic nitrogens is 2. The van der Waals surface area contributed by atoms with Crippen LogP contribution in [0.2, 0.25) is 0 Å². The van der Waals surface area contributed by atoms with Crippen molar-refractivity contribution in [3.05, 3.63) is 113 Å². The first-order chi connectivity index (χ1) is 17.4. The van der Waals surface area contributed by atoms with E-state index >= 15 is 0 Å². The molecule has 2 aromatic heterocycles. The Bertz CT molecular complexity index is 1420. The van der Waals surface area contributed by atoms with E-state index < -0.39 is 4.92 Å². The average Bonchev–Trinajstić information content (AvgIpc) is 3.49. The Hall–Kier alpha value is -4.57. The zero-order valence-corrected chi connectivity index (χ0v) is 20.1. The maximum atomic E-state index is 11.4. The van der Waals surface area contributed by atoms with Gasteiger partial charge in [-0.1, -0.05) is 6.07 Å². The number of benzene rings is 2. The molecule has 180 valence electrons. The van der Waals surface area contributed by atoms with Gasteiger partial charge >= 0.3 is 0 Å². The molecule has 1 aliphatic rings. The topological polar surface area (TPSA) is 105 Å². The molecule has 1 fully saturated rings. The van der Waals surface area contributed by atoms with Gasteiger partial charge in [-0.25, -0.2) is 0 Å². The van der Waals surface area contributed by atoms with E-state index in [4.69, 9.17) is 12.2 Å². The predicted molar refractivity (Wildman–Crippen MR) is 141 cm³/mol. The van der Waals surface area contributed by atoms with E-state index in [1.807, 2.05) is 70.3 Å². The molecule has 0 radical (unpaired) electrons. The molecule has 10 heteroatoms. The fourth-order valence-electron chi connectivity index (χ4n) is 4.45. The van der Waals surface area contributed by atoms with Gasteiger partial charge in [0.2, 0.25) is 5.91 Å². The molecular weight excluding hydrogens is 476 g/mol. The van der Waals surface area contributed by atoms with Crippen molar-refractivity contribution in [3.63, 3.8) is 0 Å². The summed E-state index contributed by atoms with van der Waals surface area (Å²) in [7, 11) is 0. The first kappa shape index (κ1) is 23.2. The number of rotatable bonds is 6. The molecule has 1 saturated heterocycles. The lowest BCUT2D eigenvalue weighted by Crippen LogP contribution is -2.30. The molecule has 2 atom stereocenters. The zero-order chi connectivity index (χ0) is 25.2. The lowest BCUT2D eigenvalue weighted by molar-refractivity contribution is -0.384. The highest BCUT2D eigenvalue weighted by molar-refractivity contribution is 7.80. The summed E-state index contributed by atoms with van der Waals surface area (Å²) in [5, 5.41) is 17.9. The lowest BCUT2D eigenvalue weighted by atomic mass is 10.0. The highest BCUT2D eigenvalue weighted by atomic mass is 32.1. The molecule has 1 amide bonds. The highest BCUT2D eigenvalue weighted by Gasteiger charge is 2.42. The number of thiocarbonyl (C=S) groups is 1. The van der Waals surface area contributed by atoms with Crippen LogP contribution in [0.15, 0.2) is 91.3 Å². The van der Waals surface area contributed by atoms with Gasteiger partial charge in [-0.15, -0.1) is 0 Å². The molecule has 2 N–H and O–H groups in total. The number of non-ortho nitro benzene ring substituents is 1. The molecule has 0 saturated carbocycles. The monoisotopic (exact) mass is 498 g/mol. The Morgan fingerprint density at radius 1 is 1.03 bits per heavy atom. The SMILES string of the molecule is CC(=O)Nc1ccc(N2C(=S)N[C@@H](c3ccccn3)[C@H]2c2cccn2-c2ccc([N+](=O)[O-])cc2)cc1. The van der Waals surface area contributed by atoms with Crippen LogP contribution in [0.5, 0.6) is 0 Å². The molecule has 3 heterocycles. The van der Waals surface area contributed by atoms with Crippen LogP contribution in [0.1, 0.15) is 30.4 Å². The second-order valence-electron chi connectivity index (χ2n) is 8.30. The third-order valence-electron chi connectivity index (χ3n) is 5.99. The highest BCUT2D eigenvalue weighted by Crippen LogP contribution is 2.42. The number of carbonyl (C=O) groups excluding carboxylic acids is 1. The summed E-state index contributed by atoms with van der Waals surface area (Å²) in [6.45, 7) is 1.47. The fraction of sp³-hybridized carbons (Fsp3) is 0.115. The fourth-order valence-corrected chi connectivity index (χ4v) is 4.79. The Morgan fingerprint density at radius 3 is 2.39 bits per heavy atom. The molecule has 4 aromatic rings. The predicted octanol–water partition coefficient (Wildman–Crippen LogP) is 4.92. The zero-order valence-electron chi connectivity index (χ0n) is 19.2. The van der Waals surface area contributed by atoms with Crippen molar-refractivity contribution < 1.29 is 9.72 Å². The summed E-state index contributed by atoms with van der Waals surface area (Å²) in [5.41, 5.74) is 4.12. The standard InChI is InChI=1S/C26H22N6O3S/c1-17(33)28-18-7-9-20(10-8-18)31-25(24(29-26(31)36)22-5-2-3-15-27-22)23-6-4-16-30(23)19-11-13-21(14-12-19)32(34)35/h2-16,24-25H,1H3,(H,28,33)(H,29,36)/t24-,25+/m0/s1. The quantitative estimate of drug-likeness (QED) is 0.221. The Kier molecular flexibility index (Phi) is 6.17. The van der Waals surface area contributed by atoms with Crippen LogP contribution in [0.3, 0.4) is 0 Å². The molecule has 36 heavy (non-hydrogen) atoms. The number of amides is 1. The minimum Gasteiger partial charge on any atom is -0.351 e. The molecular formula is C26H22N6O3S. The Morgan fingerprint density at radius 2 is 1.75 bits per heavy atom. The normalized spacial score (nSPS) is 17.0. The third kappa shape index (κ3) is 4.41. The summed E-state index contributed by atoms with van der Waals surface area (Å²) >= 11 is 5.79. The summed E-state index contributed by atoms with van der Waals surface area (Å²) in [6, 6.07) is 23.1. The number of nitrogens with zero attached hydrogens (tertiary/aromatic N) is 4. The van der Waals surface area contributed by atoms with Gasteiger partial charge in [0.25, 0.3) is 5.69 Å². The van der Waals surface area contributed by atoms with Crippen molar-refractivity contribution in [1.82, 2.24) is 14.9 Å². The van der Waals surface area contributed by atoms with Gasteiger partial charge in [0.1, 0.15) is 6.04 Å². The number of anilines is 2. The number of nitro groups is 1. The number of nitrogens with one attached hydrogen (secondary N) is 2. The van der Waals surface area contributed by atoms with Gasteiger partial charge in [-0.3, -0.25) is 19.9 Å². The summed E-state index contributed by atoms with van der Waals surface area (Å²) < 4.78 is 2.00. The van der Waals surface area contributed by atoms with E-state index in [1.165, 1.54) is 19.1 Å². The minimum atomic E-state index is -0.414. The number of nitro benzene ring substituents is 1. The van der Waals surface area contributed by atoms with Gasteiger partial charge in [0, 0.05) is 54.2 Å². The summed E-state index contributed by atoms with van der Waals surface area (Å²) in [5.74, 6) is -0.143. The van der Waals surface area contributed by atoms with Crippen LogP contribution in [-0.2, 0) is 4.79 Å². The van der Waals surface area contributed by atoms with E-state index in [1.54, 1.807) is 18.3 Å². The minimum absolute atomic E-state index is 0.0309. The van der Waals surface area contributed by atoms with E-state index in [-0.39, 0.29) is 23.7 Å². The van der Waals surface area contributed by atoms with Gasteiger partial charge < -0.3 is 20.1 Å². The number of carbonyl (C=O) groups is 1. The molecule has 0 spiro atoms. The molecule has 9 nitrogen and oxygen atoms in total. The van der Waals surface area contributed by atoms with E-state index in [2.05, 4.69) is 15.6 Å². The van der Waals surface area contributed by atoms with E-state index in [0.29, 0.717) is 10.8 Å². The third-order valence-corrected chi connectivity index (χ3v) is 6.30. The molecule has 2 aromatic carbocycles. The molecule has 1 aliphatic heterocycles. The average molecular weight is 499 g/mol. The van der Waals surface area contributed by atoms with Gasteiger partial charge in [0.15, 0.2) is 5.11 Å². The maximum absolute atomic E-state index is 11.4. The van der Waals surface area contributed by atoms with Crippen LogP contribution in [0, 0.1) is 10.1 Å².